The Morgan fingerprint density at radius 3 is 2.07 bits per heavy atom. The molecule has 0 aromatic carbocycles. The fourth-order valence-corrected chi connectivity index (χ4v) is 4.21. The van der Waals surface area contributed by atoms with Gasteiger partial charge in [-0.3, -0.25) is 0 Å². The van der Waals surface area contributed by atoms with E-state index in [2.05, 4.69) is 54.2 Å². The number of rotatable bonds is 5. The molecule has 2 aliphatic rings. The fourth-order valence-electron chi connectivity index (χ4n) is 4.04. The average Bonchev–Trinajstić information content (AvgIpc) is 2.66. The number of anilines is 3. The fraction of sp³-hybridized carbons (Fsp3) is 0.762. The van der Waals surface area contributed by atoms with Crippen LogP contribution in [-0.2, 0) is 0 Å². The van der Waals surface area contributed by atoms with Crippen molar-refractivity contribution in [2.45, 2.75) is 53.4 Å². The van der Waals surface area contributed by atoms with Crippen LogP contribution < -0.4 is 20.4 Å². The molecule has 0 aliphatic carbocycles. The average molecular weight is 405 g/mol. The first kappa shape index (κ1) is 21.1. The molecule has 2 N–H and O–H groups in total. The Bertz CT molecular complexity index is 624. The van der Waals surface area contributed by atoms with Crippen LogP contribution in [0.5, 0.6) is 0 Å². The van der Waals surface area contributed by atoms with E-state index in [1.165, 1.54) is 25.7 Å². The third kappa shape index (κ3) is 5.93. The quantitative estimate of drug-likeness (QED) is 0.722. The lowest BCUT2D eigenvalue weighted by molar-refractivity contribution is 0.441. The lowest BCUT2D eigenvalue weighted by Gasteiger charge is -2.35. The van der Waals surface area contributed by atoms with Gasteiger partial charge < -0.3 is 20.4 Å². The summed E-state index contributed by atoms with van der Waals surface area (Å²) in [5.41, 5.74) is 0. The van der Waals surface area contributed by atoms with E-state index in [1.807, 2.05) is 0 Å². The Hall–Kier alpha value is -1.63. The molecule has 1 aromatic rings. The van der Waals surface area contributed by atoms with Gasteiger partial charge in [-0.25, -0.2) is 0 Å². The van der Waals surface area contributed by atoms with E-state index in [0.29, 0.717) is 28.8 Å². The minimum Gasteiger partial charge on any atom is -0.362 e. The zero-order valence-electron chi connectivity index (χ0n) is 17.9. The lowest BCUT2D eigenvalue weighted by atomic mass is 10.00. The summed E-state index contributed by atoms with van der Waals surface area (Å²) >= 11 is 5.46. The second kappa shape index (κ2) is 9.72. The number of hydrogen-bond acceptors (Lipinski definition) is 5. The van der Waals surface area contributed by atoms with E-state index in [0.717, 1.165) is 44.4 Å². The maximum atomic E-state index is 5.46. The number of nitrogens with one attached hydrogen (secondary N) is 2. The molecule has 0 saturated carbocycles. The molecule has 3 heterocycles. The summed E-state index contributed by atoms with van der Waals surface area (Å²) in [6, 6.07) is 2.17. The van der Waals surface area contributed by atoms with Crippen LogP contribution >= 0.6 is 12.2 Å². The molecule has 1 aromatic heterocycles. The molecule has 0 spiro atoms. The number of aromatic nitrogens is 2. The van der Waals surface area contributed by atoms with Crippen LogP contribution in [-0.4, -0.2) is 47.8 Å². The first-order valence-electron chi connectivity index (χ1n) is 10.8. The van der Waals surface area contributed by atoms with Crippen LogP contribution in [0, 0.1) is 17.8 Å². The molecule has 2 saturated heterocycles. The summed E-state index contributed by atoms with van der Waals surface area (Å²) in [5.74, 6) is 4.57. The van der Waals surface area contributed by atoms with E-state index in [9.17, 15) is 0 Å². The van der Waals surface area contributed by atoms with Gasteiger partial charge in [-0.1, -0.05) is 27.7 Å². The van der Waals surface area contributed by atoms with Gasteiger partial charge in [-0.05, 0) is 55.7 Å². The maximum Gasteiger partial charge on any atom is 0.232 e. The number of hydrogen-bond donors (Lipinski definition) is 2. The second-order valence-corrected chi connectivity index (χ2v) is 9.43. The third-order valence-electron chi connectivity index (χ3n) is 5.56. The molecular formula is C21H36N6S. The monoisotopic (exact) mass is 404 g/mol. The molecule has 0 bridgehead atoms. The van der Waals surface area contributed by atoms with Crippen molar-refractivity contribution in [3.8, 4) is 0 Å². The minimum absolute atomic E-state index is 0.534. The van der Waals surface area contributed by atoms with Crippen LogP contribution in [0.2, 0.25) is 0 Å². The van der Waals surface area contributed by atoms with E-state index in [4.69, 9.17) is 22.2 Å². The van der Waals surface area contributed by atoms with E-state index in [-0.39, 0.29) is 0 Å². The molecule has 156 valence electrons. The van der Waals surface area contributed by atoms with Gasteiger partial charge in [-0.15, -0.1) is 0 Å². The highest BCUT2D eigenvalue weighted by Gasteiger charge is 2.23. The van der Waals surface area contributed by atoms with Gasteiger partial charge in [-0.2, -0.15) is 9.97 Å². The highest BCUT2D eigenvalue weighted by Crippen LogP contribution is 2.28. The van der Waals surface area contributed by atoms with Crippen molar-refractivity contribution in [1.29, 1.82) is 0 Å². The summed E-state index contributed by atoms with van der Waals surface area (Å²) in [6.45, 7) is 14.1. The predicted molar refractivity (Wildman–Crippen MR) is 122 cm³/mol. The van der Waals surface area contributed by atoms with Crippen LogP contribution in [0.3, 0.4) is 0 Å². The number of piperidine rings is 2. The highest BCUT2D eigenvalue weighted by molar-refractivity contribution is 7.80. The summed E-state index contributed by atoms with van der Waals surface area (Å²) in [5, 5.41) is 7.07. The van der Waals surface area contributed by atoms with Crippen LogP contribution in [0.1, 0.15) is 53.4 Å². The zero-order chi connectivity index (χ0) is 20.1. The van der Waals surface area contributed by atoms with Crippen molar-refractivity contribution >= 4 is 34.9 Å². The smallest absolute Gasteiger partial charge is 0.232 e. The summed E-state index contributed by atoms with van der Waals surface area (Å²) in [4.78, 5) is 14.5. The summed E-state index contributed by atoms with van der Waals surface area (Å²) in [7, 11) is 0. The van der Waals surface area contributed by atoms with Gasteiger partial charge in [0.1, 0.15) is 11.6 Å². The van der Waals surface area contributed by atoms with Crippen LogP contribution in [0.15, 0.2) is 6.07 Å². The molecule has 0 radical (unpaired) electrons. The van der Waals surface area contributed by atoms with Gasteiger partial charge in [0.2, 0.25) is 5.95 Å². The number of nitrogens with zero attached hydrogens (tertiary/aromatic N) is 4. The van der Waals surface area contributed by atoms with Crippen LogP contribution in [0.25, 0.3) is 0 Å². The molecule has 0 amide bonds. The SMILES string of the molecule is CC(C)CNC(=S)Nc1nc(N2CCC[C@H](C)C2)cc(N2CCC[C@H](C)C2)n1. The lowest BCUT2D eigenvalue weighted by Crippen LogP contribution is -2.38. The summed E-state index contributed by atoms with van der Waals surface area (Å²) < 4.78 is 0. The Morgan fingerprint density at radius 2 is 1.61 bits per heavy atom. The van der Waals surface area contributed by atoms with Gasteiger partial charge in [0.25, 0.3) is 0 Å². The van der Waals surface area contributed by atoms with E-state index < -0.39 is 0 Å². The van der Waals surface area contributed by atoms with Gasteiger partial charge in [0.05, 0.1) is 0 Å². The molecule has 0 unspecified atom stereocenters. The van der Waals surface area contributed by atoms with Crippen molar-refractivity contribution in [2.24, 2.45) is 17.8 Å². The van der Waals surface area contributed by atoms with E-state index in [1.54, 1.807) is 0 Å². The number of thiocarbonyl (C=S) groups is 1. The molecule has 2 aliphatic heterocycles. The van der Waals surface area contributed by atoms with Crippen LogP contribution in [0.4, 0.5) is 17.6 Å². The predicted octanol–water partition coefficient (Wildman–Crippen LogP) is 3.89. The summed E-state index contributed by atoms with van der Waals surface area (Å²) in [6.07, 6.45) is 5.04. The molecule has 2 atom stereocenters. The zero-order valence-corrected chi connectivity index (χ0v) is 18.7. The van der Waals surface area contributed by atoms with Crippen molar-refractivity contribution in [1.82, 2.24) is 15.3 Å². The minimum atomic E-state index is 0.534. The van der Waals surface area contributed by atoms with Gasteiger partial charge in [0.15, 0.2) is 5.11 Å². The topological polar surface area (TPSA) is 56.3 Å². The Labute approximate surface area is 175 Å². The van der Waals surface area contributed by atoms with E-state index >= 15 is 0 Å². The highest BCUT2D eigenvalue weighted by atomic mass is 32.1. The molecule has 7 heteroatoms. The first-order valence-corrected chi connectivity index (χ1v) is 11.3. The molecule has 6 nitrogen and oxygen atoms in total. The van der Waals surface area contributed by atoms with Gasteiger partial charge >= 0.3 is 0 Å². The van der Waals surface area contributed by atoms with Crippen molar-refractivity contribution < 1.29 is 0 Å². The Morgan fingerprint density at radius 1 is 1.07 bits per heavy atom. The second-order valence-electron chi connectivity index (χ2n) is 9.02. The normalized spacial score (nSPS) is 23.0. The maximum absolute atomic E-state index is 5.46. The van der Waals surface area contributed by atoms with Crippen molar-refractivity contribution in [2.75, 3.05) is 47.8 Å². The molecule has 2 fully saturated rings. The standard InChI is InChI=1S/C21H36N6S/c1-15(2)12-22-21(28)25-20-23-18(26-9-5-7-16(3)13-26)11-19(24-20)27-10-6-8-17(4)14-27/h11,15-17H,5-10,12-14H2,1-4H3,(H2,22,23,24,25,28)/t16-,17-/m0/s1. The first-order chi connectivity index (χ1) is 13.4. The Balaban J connectivity index is 1.81. The molecule has 3 rings (SSSR count). The van der Waals surface area contributed by atoms with Crippen molar-refractivity contribution in [3.63, 3.8) is 0 Å². The Kier molecular flexibility index (Phi) is 7.32. The third-order valence-corrected chi connectivity index (χ3v) is 5.80. The van der Waals surface area contributed by atoms with Gasteiger partial charge in [0, 0.05) is 38.8 Å². The molecular weight excluding hydrogens is 368 g/mol. The molecule has 28 heavy (non-hydrogen) atoms. The van der Waals surface area contributed by atoms with Crippen molar-refractivity contribution in [3.05, 3.63) is 6.07 Å². The largest absolute Gasteiger partial charge is 0.362 e.